The molecule has 0 saturated heterocycles. The van der Waals surface area contributed by atoms with E-state index >= 15 is 0 Å². The molecule has 0 heterocycles. The summed E-state index contributed by atoms with van der Waals surface area (Å²) in [4.78, 5) is 9.94. The summed E-state index contributed by atoms with van der Waals surface area (Å²) in [6.45, 7) is -0.765. The van der Waals surface area contributed by atoms with Crippen molar-refractivity contribution in [1.82, 2.24) is 0 Å². The first-order chi connectivity index (χ1) is 12.0. The molecular weight excluding hydrogens is 372 g/mol. The summed E-state index contributed by atoms with van der Waals surface area (Å²) in [5.41, 5.74) is -0.639. The van der Waals surface area contributed by atoms with Crippen LogP contribution in [-0.2, 0) is 28.1 Å². The number of rotatable bonds is 6. The second-order valence-corrected chi connectivity index (χ2v) is 6.61. The molecule has 0 amide bonds. The monoisotopic (exact) mass is 386 g/mol. The fourth-order valence-corrected chi connectivity index (χ4v) is 2.78. The highest BCUT2D eigenvalue weighted by atomic mass is 32.2. The zero-order valence-electron chi connectivity index (χ0n) is 12.9. The Hall–Kier alpha value is -3.02. The highest BCUT2D eigenvalue weighted by Gasteiger charge is 2.20. The molecule has 0 aromatic heterocycles. The van der Waals surface area contributed by atoms with Crippen LogP contribution in [0.25, 0.3) is 0 Å². The van der Waals surface area contributed by atoms with Gasteiger partial charge in [0.1, 0.15) is 33.5 Å². The van der Waals surface area contributed by atoms with E-state index in [9.17, 15) is 33.6 Å². The van der Waals surface area contributed by atoms with Crippen LogP contribution in [0, 0.1) is 0 Å². The minimum absolute atomic E-state index is 0.0298. The average Bonchev–Trinajstić information content (AvgIpc) is 2.51. The van der Waals surface area contributed by atoms with Crippen molar-refractivity contribution in [2.24, 2.45) is 0 Å². The van der Waals surface area contributed by atoms with E-state index in [-0.39, 0.29) is 17.7 Å². The third kappa shape index (κ3) is 4.14. The minimum Gasteiger partial charge on any atom is -0.508 e. The van der Waals surface area contributed by atoms with Crippen molar-refractivity contribution in [3.8, 4) is 23.0 Å². The summed E-state index contributed by atoms with van der Waals surface area (Å²) in [7, 11) is -4.78. The van der Waals surface area contributed by atoms with Crippen molar-refractivity contribution < 1.29 is 48.0 Å². The number of ether oxygens (including phenoxy) is 1. The maximum Gasteiger partial charge on any atom is 0.339 e. The summed E-state index contributed by atoms with van der Waals surface area (Å²) in [6.07, 6.45) is 0. The average molecular weight is 386 g/mol. The lowest BCUT2D eigenvalue weighted by Gasteiger charge is -2.11. The van der Waals surface area contributed by atoms with Gasteiger partial charge >= 0.3 is 5.97 Å². The summed E-state index contributed by atoms with van der Waals surface area (Å²) in [5, 5.41) is 47.5. The van der Waals surface area contributed by atoms with Crippen LogP contribution in [0.1, 0.15) is 21.5 Å². The van der Waals surface area contributed by atoms with Gasteiger partial charge in [-0.3, -0.25) is 4.55 Å². The third-order valence-electron chi connectivity index (χ3n) is 3.36. The molecule has 2 aromatic carbocycles. The lowest BCUT2D eigenvalue weighted by molar-refractivity contribution is 0.0692. The van der Waals surface area contributed by atoms with Crippen molar-refractivity contribution >= 4 is 16.1 Å². The Kier molecular flexibility index (Phi) is 5.25. The molecule has 140 valence electrons. The van der Waals surface area contributed by atoms with Gasteiger partial charge in [0, 0.05) is 17.2 Å². The van der Waals surface area contributed by atoms with Crippen molar-refractivity contribution in [2.45, 2.75) is 18.1 Å². The molecule has 2 rings (SSSR count). The Morgan fingerprint density at radius 1 is 0.923 bits per heavy atom. The molecule has 0 aliphatic carbocycles. The third-order valence-corrected chi connectivity index (χ3v) is 4.23. The highest BCUT2D eigenvalue weighted by molar-refractivity contribution is 7.86. The van der Waals surface area contributed by atoms with Crippen LogP contribution in [-0.4, -0.2) is 44.5 Å². The van der Waals surface area contributed by atoms with E-state index in [4.69, 9.17) is 14.4 Å². The number of hydrogen-bond acceptors (Lipinski definition) is 8. The molecule has 2 aromatic rings. The van der Waals surface area contributed by atoms with Crippen LogP contribution in [0.3, 0.4) is 0 Å². The Morgan fingerprint density at radius 3 is 2.12 bits per heavy atom. The van der Waals surface area contributed by atoms with Gasteiger partial charge in [-0.05, 0) is 18.2 Å². The lowest BCUT2D eigenvalue weighted by atomic mass is 10.1. The normalized spacial score (nSPS) is 11.4. The second-order valence-electron chi connectivity index (χ2n) is 5.22. The number of carboxylic acids is 1. The molecule has 0 bridgehead atoms. The molecule has 0 aliphatic rings. The quantitative estimate of drug-likeness (QED) is 0.311. The standard InChI is InChI=1S/C15H14O10S/c16-9-1-8(14(19)13(3-9)26(22,23)24)6-25-5-7-2-12(18)10(15(20)21)4-11(7)17/h1-4,16-19H,5-6H2,(H,20,21)(H,22,23,24). The first kappa shape index (κ1) is 19.3. The van der Waals surface area contributed by atoms with Crippen LogP contribution >= 0.6 is 0 Å². The molecule has 0 radical (unpaired) electrons. The van der Waals surface area contributed by atoms with Gasteiger partial charge in [0.05, 0.1) is 13.2 Å². The number of carboxylic acid groups (broad SMARTS) is 1. The van der Waals surface area contributed by atoms with Gasteiger partial charge in [0.25, 0.3) is 10.1 Å². The topological polar surface area (TPSA) is 182 Å². The van der Waals surface area contributed by atoms with E-state index < -0.39 is 56.2 Å². The largest absolute Gasteiger partial charge is 0.508 e. The number of phenols is 4. The summed E-state index contributed by atoms with van der Waals surface area (Å²) in [5.74, 6) is -3.85. The Labute approximate surface area is 146 Å². The van der Waals surface area contributed by atoms with Gasteiger partial charge in [-0.1, -0.05) is 0 Å². The lowest BCUT2D eigenvalue weighted by Crippen LogP contribution is -2.02. The van der Waals surface area contributed by atoms with Crippen molar-refractivity contribution in [3.63, 3.8) is 0 Å². The van der Waals surface area contributed by atoms with E-state index in [0.29, 0.717) is 6.07 Å². The highest BCUT2D eigenvalue weighted by Crippen LogP contribution is 2.33. The molecule has 26 heavy (non-hydrogen) atoms. The molecule has 6 N–H and O–H groups in total. The zero-order valence-corrected chi connectivity index (χ0v) is 13.8. The maximum atomic E-state index is 11.2. The molecule has 11 heteroatoms. The van der Waals surface area contributed by atoms with Gasteiger partial charge in [0.15, 0.2) is 0 Å². The Morgan fingerprint density at radius 2 is 1.54 bits per heavy atom. The Balaban J connectivity index is 2.20. The summed E-state index contributed by atoms with van der Waals surface area (Å²) in [6, 6.07) is 3.47. The molecule has 0 atom stereocenters. The number of phenolic OH excluding ortho intramolecular Hbond substituents is 3. The summed E-state index contributed by atoms with van der Waals surface area (Å²) < 4.78 is 36.5. The fourth-order valence-electron chi connectivity index (χ4n) is 2.13. The smallest absolute Gasteiger partial charge is 0.339 e. The maximum absolute atomic E-state index is 11.2. The number of benzene rings is 2. The number of carbonyl (C=O) groups is 1. The van der Waals surface area contributed by atoms with Crippen molar-refractivity contribution in [3.05, 3.63) is 41.0 Å². The Bertz CT molecular complexity index is 965. The minimum atomic E-state index is -4.78. The SMILES string of the molecule is O=C(O)c1cc(O)c(COCc2cc(O)cc(S(=O)(=O)O)c2O)cc1O. The van der Waals surface area contributed by atoms with Gasteiger partial charge in [0.2, 0.25) is 0 Å². The number of aromatic hydroxyl groups is 4. The van der Waals surface area contributed by atoms with Crippen LogP contribution in [0.2, 0.25) is 0 Å². The molecule has 0 saturated carbocycles. The fraction of sp³-hybridized carbons (Fsp3) is 0.133. The van der Waals surface area contributed by atoms with Crippen molar-refractivity contribution in [1.29, 1.82) is 0 Å². The van der Waals surface area contributed by atoms with Gasteiger partial charge in [-0.15, -0.1) is 0 Å². The van der Waals surface area contributed by atoms with Crippen LogP contribution in [0.15, 0.2) is 29.2 Å². The molecule has 0 aliphatic heterocycles. The molecule has 0 unspecified atom stereocenters. The van der Waals surface area contributed by atoms with Crippen LogP contribution in [0.5, 0.6) is 23.0 Å². The van der Waals surface area contributed by atoms with E-state index in [0.717, 1.165) is 18.2 Å². The first-order valence-electron chi connectivity index (χ1n) is 6.89. The predicted octanol–water partition coefficient (Wildman–Crippen LogP) is 1.17. The number of hydrogen-bond donors (Lipinski definition) is 6. The first-order valence-corrected chi connectivity index (χ1v) is 8.33. The van der Waals surface area contributed by atoms with E-state index in [2.05, 4.69) is 0 Å². The molecular formula is C15H14O10S. The predicted molar refractivity (Wildman–Crippen MR) is 84.8 cm³/mol. The van der Waals surface area contributed by atoms with Gasteiger partial charge in [-0.2, -0.15) is 8.42 Å². The van der Waals surface area contributed by atoms with Crippen molar-refractivity contribution in [2.75, 3.05) is 0 Å². The van der Waals surface area contributed by atoms with Gasteiger partial charge < -0.3 is 30.3 Å². The number of aromatic carboxylic acids is 1. The molecule has 0 fully saturated rings. The van der Waals surface area contributed by atoms with E-state index in [1.54, 1.807) is 0 Å². The van der Waals surface area contributed by atoms with Crippen LogP contribution in [0.4, 0.5) is 0 Å². The van der Waals surface area contributed by atoms with E-state index in [1.165, 1.54) is 0 Å². The summed E-state index contributed by atoms with van der Waals surface area (Å²) >= 11 is 0. The van der Waals surface area contributed by atoms with Gasteiger partial charge in [-0.25, -0.2) is 4.79 Å². The second kappa shape index (κ2) is 7.07. The van der Waals surface area contributed by atoms with Crippen LogP contribution < -0.4 is 0 Å². The molecule has 0 spiro atoms. The van der Waals surface area contributed by atoms with E-state index in [1.807, 2.05) is 0 Å². The zero-order chi connectivity index (χ0) is 19.6. The molecule has 10 nitrogen and oxygen atoms in total.